The first kappa shape index (κ1) is 21.8. The standard InChI is InChI=1S/C13H10F5IO5S/c1-6(2)7-3-4-8(9(19)5-7)10(20)24-11(12(14,15)16)13(17,18)25(21,22)23/h3-5,11H,1H2,2H3,(H,21,22,23). The van der Waals surface area contributed by atoms with Gasteiger partial charge in [-0.25, -0.2) is 4.79 Å². The zero-order chi connectivity index (χ0) is 19.8. The third-order valence-electron chi connectivity index (χ3n) is 2.85. The summed E-state index contributed by atoms with van der Waals surface area (Å²) in [7, 11) is -6.48. The highest BCUT2D eigenvalue weighted by Gasteiger charge is 2.66. The second kappa shape index (κ2) is 7.15. The molecule has 0 saturated carbocycles. The number of allylic oxidation sites excluding steroid dienone is 1. The fourth-order valence-electron chi connectivity index (χ4n) is 1.58. The van der Waals surface area contributed by atoms with Crippen LogP contribution in [0.4, 0.5) is 22.0 Å². The molecule has 1 atom stereocenters. The Kier molecular flexibility index (Phi) is 6.22. The highest BCUT2D eigenvalue weighted by molar-refractivity contribution is 14.1. The molecular formula is C13H10F5IO5S. The lowest BCUT2D eigenvalue weighted by Gasteiger charge is -2.26. The van der Waals surface area contributed by atoms with E-state index in [1.54, 1.807) is 29.5 Å². The van der Waals surface area contributed by atoms with Gasteiger partial charge in [0.2, 0.25) is 0 Å². The number of carbonyl (C=O) groups excluding carboxylic acids is 1. The highest BCUT2D eigenvalue weighted by atomic mass is 127. The van der Waals surface area contributed by atoms with E-state index in [-0.39, 0.29) is 3.57 Å². The molecule has 0 aliphatic rings. The molecule has 25 heavy (non-hydrogen) atoms. The summed E-state index contributed by atoms with van der Waals surface area (Å²) in [5.41, 5.74) is 0.617. The van der Waals surface area contributed by atoms with E-state index >= 15 is 0 Å². The molecule has 1 aromatic rings. The number of hydrogen-bond acceptors (Lipinski definition) is 4. The van der Waals surface area contributed by atoms with Gasteiger partial charge in [0.25, 0.3) is 6.10 Å². The summed E-state index contributed by atoms with van der Waals surface area (Å²) in [5.74, 6) is -1.83. The van der Waals surface area contributed by atoms with E-state index in [1.165, 1.54) is 12.1 Å². The lowest BCUT2D eigenvalue weighted by Crippen LogP contribution is -2.52. The zero-order valence-electron chi connectivity index (χ0n) is 12.3. The predicted molar refractivity (Wildman–Crippen MR) is 85.6 cm³/mol. The molecule has 12 heteroatoms. The van der Waals surface area contributed by atoms with Crippen LogP contribution in [0.1, 0.15) is 22.8 Å². The van der Waals surface area contributed by atoms with Crippen molar-refractivity contribution in [1.82, 2.24) is 0 Å². The van der Waals surface area contributed by atoms with Gasteiger partial charge in [0.15, 0.2) is 0 Å². The van der Waals surface area contributed by atoms with Crippen LogP contribution < -0.4 is 0 Å². The summed E-state index contributed by atoms with van der Waals surface area (Å²) in [6, 6.07) is 3.67. The zero-order valence-corrected chi connectivity index (χ0v) is 15.2. The molecular weight excluding hydrogens is 490 g/mol. The van der Waals surface area contributed by atoms with Crippen LogP contribution in [0.2, 0.25) is 0 Å². The number of alkyl halides is 5. The molecule has 0 heterocycles. The highest BCUT2D eigenvalue weighted by Crippen LogP contribution is 2.38. The fraction of sp³-hybridized carbons (Fsp3) is 0.308. The van der Waals surface area contributed by atoms with Crippen LogP contribution in [0.3, 0.4) is 0 Å². The molecule has 0 aliphatic carbocycles. The van der Waals surface area contributed by atoms with Crippen molar-refractivity contribution in [3.05, 3.63) is 39.5 Å². The first-order chi connectivity index (χ1) is 11.1. The first-order valence-corrected chi connectivity index (χ1v) is 8.69. The maximum Gasteiger partial charge on any atom is 0.432 e. The minimum Gasteiger partial charge on any atom is -0.441 e. The first-order valence-electron chi connectivity index (χ1n) is 6.17. The summed E-state index contributed by atoms with van der Waals surface area (Å²) in [5, 5.41) is -5.77. The Morgan fingerprint density at radius 3 is 2.16 bits per heavy atom. The van der Waals surface area contributed by atoms with Crippen molar-refractivity contribution in [3.63, 3.8) is 0 Å². The Labute approximate surface area is 152 Å². The van der Waals surface area contributed by atoms with E-state index in [4.69, 9.17) is 4.55 Å². The lowest BCUT2D eigenvalue weighted by atomic mass is 10.1. The summed E-state index contributed by atoms with van der Waals surface area (Å²) in [6.07, 6.45) is -10.3. The average Bonchev–Trinajstić information content (AvgIpc) is 2.41. The molecule has 0 fully saturated rings. The SMILES string of the molecule is C=C(C)c1ccc(C(=O)OC(C(F)(F)F)C(F)(F)S(=O)(=O)O)c(I)c1. The van der Waals surface area contributed by atoms with Crippen LogP contribution in [0, 0.1) is 3.57 Å². The lowest BCUT2D eigenvalue weighted by molar-refractivity contribution is -0.248. The number of benzene rings is 1. The molecule has 5 nitrogen and oxygen atoms in total. The number of rotatable bonds is 5. The van der Waals surface area contributed by atoms with E-state index < -0.39 is 39.2 Å². The molecule has 0 saturated heterocycles. The van der Waals surface area contributed by atoms with E-state index in [9.17, 15) is 35.2 Å². The number of esters is 1. The van der Waals surface area contributed by atoms with Crippen LogP contribution in [0.5, 0.6) is 0 Å². The Morgan fingerprint density at radius 2 is 1.80 bits per heavy atom. The van der Waals surface area contributed by atoms with Crippen molar-refractivity contribution >= 4 is 44.3 Å². The largest absolute Gasteiger partial charge is 0.441 e. The second-order valence-electron chi connectivity index (χ2n) is 4.84. The molecule has 1 N–H and O–H groups in total. The van der Waals surface area contributed by atoms with Crippen molar-refractivity contribution in [1.29, 1.82) is 0 Å². The average molecular weight is 500 g/mol. The van der Waals surface area contributed by atoms with Gasteiger partial charge < -0.3 is 4.74 Å². The fourth-order valence-corrected chi connectivity index (χ4v) is 2.77. The normalized spacial score (nSPS) is 14.1. The molecule has 140 valence electrons. The number of carbonyl (C=O) groups is 1. The number of halogens is 6. The number of ether oxygens (including phenoxy) is 1. The van der Waals surface area contributed by atoms with E-state index in [2.05, 4.69) is 11.3 Å². The van der Waals surface area contributed by atoms with Crippen LogP contribution in [0.15, 0.2) is 24.8 Å². The van der Waals surface area contributed by atoms with Crippen molar-refractivity contribution in [3.8, 4) is 0 Å². The van der Waals surface area contributed by atoms with Crippen molar-refractivity contribution in [2.24, 2.45) is 0 Å². The minimum atomic E-state index is -6.48. The maximum atomic E-state index is 13.4. The van der Waals surface area contributed by atoms with Gasteiger partial charge >= 0.3 is 27.5 Å². The van der Waals surface area contributed by atoms with Crippen LogP contribution in [-0.4, -0.2) is 36.5 Å². The summed E-state index contributed by atoms with van der Waals surface area (Å²) in [4.78, 5) is 11.8. The monoisotopic (exact) mass is 500 g/mol. The van der Waals surface area contributed by atoms with Gasteiger partial charge in [0.1, 0.15) is 0 Å². The Morgan fingerprint density at radius 1 is 1.28 bits per heavy atom. The van der Waals surface area contributed by atoms with Crippen LogP contribution >= 0.6 is 22.6 Å². The van der Waals surface area contributed by atoms with Crippen molar-refractivity contribution in [2.45, 2.75) is 24.5 Å². The topological polar surface area (TPSA) is 80.7 Å². The van der Waals surface area contributed by atoms with Gasteiger partial charge in [-0.3, -0.25) is 4.55 Å². The molecule has 1 aromatic carbocycles. The molecule has 0 spiro atoms. The van der Waals surface area contributed by atoms with Gasteiger partial charge in [-0.15, -0.1) is 0 Å². The second-order valence-corrected chi connectivity index (χ2v) is 7.50. The van der Waals surface area contributed by atoms with Crippen LogP contribution in [0.25, 0.3) is 5.57 Å². The number of hydrogen-bond donors (Lipinski definition) is 1. The molecule has 0 aliphatic heterocycles. The van der Waals surface area contributed by atoms with Crippen molar-refractivity contribution in [2.75, 3.05) is 0 Å². The van der Waals surface area contributed by atoms with E-state index in [1.807, 2.05) is 0 Å². The van der Waals surface area contributed by atoms with E-state index in [0.29, 0.717) is 11.1 Å². The smallest absolute Gasteiger partial charge is 0.432 e. The maximum absolute atomic E-state index is 13.4. The van der Waals surface area contributed by atoms with Gasteiger partial charge in [0, 0.05) is 3.57 Å². The van der Waals surface area contributed by atoms with Gasteiger partial charge in [-0.1, -0.05) is 18.2 Å². The van der Waals surface area contributed by atoms with Crippen LogP contribution in [-0.2, 0) is 14.9 Å². The molecule has 0 radical (unpaired) electrons. The summed E-state index contributed by atoms with van der Waals surface area (Å²) in [6.45, 7) is 5.24. The minimum absolute atomic E-state index is 0.0687. The molecule has 1 rings (SSSR count). The Balaban J connectivity index is 3.27. The summed E-state index contributed by atoms with van der Waals surface area (Å²) < 4.78 is 98.2. The third kappa shape index (κ3) is 4.88. The molecule has 1 unspecified atom stereocenters. The Bertz CT molecular complexity index is 804. The summed E-state index contributed by atoms with van der Waals surface area (Å²) >= 11 is 1.56. The Hall–Kier alpha value is -1.28. The third-order valence-corrected chi connectivity index (χ3v) is 4.65. The van der Waals surface area contributed by atoms with E-state index in [0.717, 1.165) is 6.07 Å². The van der Waals surface area contributed by atoms with Crippen molar-refractivity contribution < 1.29 is 44.5 Å². The van der Waals surface area contributed by atoms with Gasteiger partial charge in [0.05, 0.1) is 5.56 Å². The molecule has 0 aromatic heterocycles. The van der Waals surface area contributed by atoms with Gasteiger partial charge in [-0.05, 0) is 47.2 Å². The molecule has 0 amide bonds. The molecule has 0 bridgehead atoms. The predicted octanol–water partition coefficient (Wildman–Crippen LogP) is 3.89. The quantitative estimate of drug-likeness (QED) is 0.287. The van der Waals surface area contributed by atoms with Gasteiger partial charge in [-0.2, -0.15) is 30.4 Å².